The number of carboxylic acid groups (broad SMARTS) is 1. The zero-order chi connectivity index (χ0) is 12.3. The van der Waals surface area contributed by atoms with Crippen molar-refractivity contribution in [1.29, 1.82) is 0 Å². The van der Waals surface area contributed by atoms with Gasteiger partial charge < -0.3 is 9.84 Å². The summed E-state index contributed by atoms with van der Waals surface area (Å²) in [6, 6.07) is 5.23. The SMILES string of the molecule is O=C(O)C1(Cc2ccccn2)COCCC1=O. The summed E-state index contributed by atoms with van der Waals surface area (Å²) in [4.78, 5) is 27.3. The molecule has 1 N–H and O–H groups in total. The molecule has 1 fully saturated rings. The van der Waals surface area contributed by atoms with Gasteiger partial charge in [0.1, 0.15) is 0 Å². The van der Waals surface area contributed by atoms with Gasteiger partial charge in [0.15, 0.2) is 11.2 Å². The predicted molar refractivity (Wildman–Crippen MR) is 58.5 cm³/mol. The van der Waals surface area contributed by atoms with E-state index in [0.717, 1.165) is 0 Å². The van der Waals surface area contributed by atoms with E-state index in [1.807, 2.05) is 0 Å². The van der Waals surface area contributed by atoms with Crippen LogP contribution in [-0.2, 0) is 20.7 Å². The third-order valence-corrected chi connectivity index (χ3v) is 2.97. The van der Waals surface area contributed by atoms with Gasteiger partial charge in [0.05, 0.1) is 13.2 Å². The zero-order valence-electron chi connectivity index (χ0n) is 9.26. The van der Waals surface area contributed by atoms with Gasteiger partial charge in [-0.3, -0.25) is 14.6 Å². The van der Waals surface area contributed by atoms with E-state index in [-0.39, 0.29) is 25.2 Å². The Morgan fingerprint density at radius 3 is 2.94 bits per heavy atom. The molecule has 1 atom stereocenters. The van der Waals surface area contributed by atoms with Gasteiger partial charge in [-0.05, 0) is 12.1 Å². The summed E-state index contributed by atoms with van der Waals surface area (Å²) >= 11 is 0. The van der Waals surface area contributed by atoms with Crippen molar-refractivity contribution >= 4 is 11.8 Å². The molecule has 0 aliphatic carbocycles. The molecule has 1 aliphatic rings. The van der Waals surface area contributed by atoms with E-state index < -0.39 is 11.4 Å². The first-order chi connectivity index (χ1) is 8.15. The number of rotatable bonds is 3. The molecule has 0 radical (unpaired) electrons. The van der Waals surface area contributed by atoms with E-state index in [1.165, 1.54) is 0 Å². The van der Waals surface area contributed by atoms with Crippen LogP contribution < -0.4 is 0 Å². The van der Waals surface area contributed by atoms with Crippen molar-refractivity contribution in [3.63, 3.8) is 0 Å². The largest absolute Gasteiger partial charge is 0.480 e. The first-order valence-electron chi connectivity index (χ1n) is 5.39. The van der Waals surface area contributed by atoms with Gasteiger partial charge in [0.25, 0.3) is 0 Å². The second-order valence-electron chi connectivity index (χ2n) is 4.11. The number of aliphatic carboxylic acids is 1. The van der Waals surface area contributed by atoms with Gasteiger partial charge in [0, 0.05) is 24.7 Å². The molecule has 1 saturated heterocycles. The van der Waals surface area contributed by atoms with Crippen LogP contribution in [0.2, 0.25) is 0 Å². The lowest BCUT2D eigenvalue weighted by Gasteiger charge is -2.31. The Morgan fingerprint density at radius 2 is 2.35 bits per heavy atom. The van der Waals surface area contributed by atoms with Crippen molar-refractivity contribution in [2.24, 2.45) is 5.41 Å². The first kappa shape index (κ1) is 11.7. The number of hydrogen-bond acceptors (Lipinski definition) is 4. The van der Waals surface area contributed by atoms with E-state index in [1.54, 1.807) is 24.4 Å². The highest BCUT2D eigenvalue weighted by atomic mass is 16.5. The van der Waals surface area contributed by atoms with Crippen LogP contribution in [0.3, 0.4) is 0 Å². The van der Waals surface area contributed by atoms with Gasteiger partial charge >= 0.3 is 5.97 Å². The van der Waals surface area contributed by atoms with Crippen molar-refractivity contribution in [3.8, 4) is 0 Å². The van der Waals surface area contributed by atoms with Gasteiger partial charge in [-0.1, -0.05) is 6.07 Å². The van der Waals surface area contributed by atoms with Gasteiger partial charge in [-0.25, -0.2) is 0 Å². The van der Waals surface area contributed by atoms with Crippen LogP contribution >= 0.6 is 0 Å². The number of carboxylic acids is 1. The van der Waals surface area contributed by atoms with Crippen molar-refractivity contribution in [3.05, 3.63) is 30.1 Å². The number of pyridine rings is 1. The molecule has 1 unspecified atom stereocenters. The Kier molecular flexibility index (Phi) is 3.19. The molecule has 5 nitrogen and oxygen atoms in total. The Bertz CT molecular complexity index is 431. The maximum absolute atomic E-state index is 11.9. The molecule has 17 heavy (non-hydrogen) atoms. The normalized spacial score (nSPS) is 24.6. The maximum Gasteiger partial charge on any atom is 0.319 e. The Morgan fingerprint density at radius 1 is 1.53 bits per heavy atom. The maximum atomic E-state index is 11.9. The molecule has 1 aromatic rings. The first-order valence-corrected chi connectivity index (χ1v) is 5.39. The van der Waals surface area contributed by atoms with Crippen LogP contribution in [-0.4, -0.2) is 35.1 Å². The van der Waals surface area contributed by atoms with Crippen LogP contribution in [0.15, 0.2) is 24.4 Å². The molecule has 1 aliphatic heterocycles. The fourth-order valence-electron chi connectivity index (χ4n) is 1.95. The average Bonchev–Trinajstić information content (AvgIpc) is 2.33. The smallest absolute Gasteiger partial charge is 0.319 e. The highest BCUT2D eigenvalue weighted by molar-refractivity contribution is 6.04. The number of carbonyl (C=O) groups excluding carboxylic acids is 1. The molecule has 90 valence electrons. The molecule has 1 aromatic heterocycles. The highest BCUT2D eigenvalue weighted by Crippen LogP contribution is 2.29. The minimum absolute atomic E-state index is 0.0717. The number of ether oxygens (including phenoxy) is 1. The summed E-state index contributed by atoms with van der Waals surface area (Å²) < 4.78 is 5.16. The van der Waals surface area contributed by atoms with Crippen molar-refractivity contribution in [1.82, 2.24) is 4.98 Å². The van der Waals surface area contributed by atoms with Crippen molar-refractivity contribution in [2.45, 2.75) is 12.8 Å². The minimum Gasteiger partial charge on any atom is -0.480 e. The van der Waals surface area contributed by atoms with Crippen LogP contribution in [0.1, 0.15) is 12.1 Å². The molecule has 2 rings (SSSR count). The summed E-state index contributed by atoms with van der Waals surface area (Å²) in [5, 5.41) is 9.29. The second kappa shape index (κ2) is 4.63. The summed E-state index contributed by atoms with van der Waals surface area (Å²) in [5.41, 5.74) is -0.874. The number of carbonyl (C=O) groups is 2. The fourth-order valence-corrected chi connectivity index (χ4v) is 1.95. The Balaban J connectivity index is 2.29. The molecule has 0 aromatic carbocycles. The molecule has 2 heterocycles. The van der Waals surface area contributed by atoms with Gasteiger partial charge in [0.2, 0.25) is 0 Å². The number of ketones is 1. The third-order valence-electron chi connectivity index (χ3n) is 2.97. The number of nitrogens with zero attached hydrogens (tertiary/aromatic N) is 1. The summed E-state index contributed by atoms with van der Waals surface area (Å²) in [6.07, 6.45) is 1.82. The molecule has 0 spiro atoms. The summed E-state index contributed by atoms with van der Waals surface area (Å²) in [5.74, 6) is -1.41. The lowest BCUT2D eigenvalue weighted by Crippen LogP contribution is -2.48. The molecular weight excluding hydrogens is 222 g/mol. The molecular formula is C12H13NO4. The lowest BCUT2D eigenvalue weighted by molar-refractivity contribution is -0.164. The Hall–Kier alpha value is -1.75. The monoisotopic (exact) mass is 235 g/mol. The van der Waals surface area contributed by atoms with Crippen LogP contribution in [0.5, 0.6) is 0 Å². The van der Waals surface area contributed by atoms with E-state index in [2.05, 4.69) is 4.98 Å². The number of hydrogen-bond donors (Lipinski definition) is 1. The molecule has 0 saturated carbocycles. The summed E-state index contributed by atoms with van der Waals surface area (Å²) in [6.45, 7) is 0.230. The van der Waals surface area contributed by atoms with Crippen LogP contribution in [0.25, 0.3) is 0 Å². The van der Waals surface area contributed by atoms with E-state index in [4.69, 9.17) is 4.74 Å². The quantitative estimate of drug-likeness (QED) is 0.780. The predicted octanol–water partition coefficient (Wildman–Crippen LogP) is 0.685. The minimum atomic E-state index is -1.47. The standard InChI is InChI=1S/C12H13NO4/c14-10-4-6-17-8-12(10,11(15)16)7-9-3-1-2-5-13-9/h1-3,5H,4,6-8H2,(H,15,16). The average molecular weight is 235 g/mol. The molecule has 0 bridgehead atoms. The third kappa shape index (κ3) is 2.19. The zero-order valence-corrected chi connectivity index (χ0v) is 9.26. The van der Waals surface area contributed by atoms with E-state index >= 15 is 0 Å². The second-order valence-corrected chi connectivity index (χ2v) is 4.11. The number of Topliss-reactive ketones (excluding diaryl/α,β-unsaturated/α-hetero) is 1. The van der Waals surface area contributed by atoms with Crippen LogP contribution in [0.4, 0.5) is 0 Å². The molecule has 0 amide bonds. The Labute approximate surface area is 98.4 Å². The lowest BCUT2D eigenvalue weighted by atomic mass is 9.77. The van der Waals surface area contributed by atoms with Crippen molar-refractivity contribution < 1.29 is 19.4 Å². The van der Waals surface area contributed by atoms with Crippen LogP contribution in [0, 0.1) is 5.41 Å². The summed E-state index contributed by atoms with van der Waals surface area (Å²) in [7, 11) is 0. The van der Waals surface area contributed by atoms with Gasteiger partial charge in [-0.2, -0.15) is 0 Å². The van der Waals surface area contributed by atoms with E-state index in [9.17, 15) is 14.7 Å². The number of aromatic nitrogens is 1. The molecule has 5 heteroatoms. The van der Waals surface area contributed by atoms with E-state index in [0.29, 0.717) is 12.3 Å². The van der Waals surface area contributed by atoms with Crippen molar-refractivity contribution in [2.75, 3.05) is 13.2 Å². The fraction of sp³-hybridized carbons (Fsp3) is 0.417. The highest BCUT2D eigenvalue weighted by Gasteiger charge is 2.48. The topological polar surface area (TPSA) is 76.5 Å². The van der Waals surface area contributed by atoms with Gasteiger partial charge in [-0.15, -0.1) is 0 Å².